The van der Waals surface area contributed by atoms with E-state index in [1.54, 1.807) is 0 Å². The standard InChI is InChI=1S/C52H34N4/c1-4-15-35(16-5-1)41-22-13-24-43(34-41)52-55-50(38-19-8-3-9-20-38)54-51(56-52)39-31-29-36(30-32-39)40-21-12-23-42(33-40)44-26-14-27-46-48(44)45-25-10-11-28-47(45)53-49(46)37-17-6-2-7-18-37/h1-34H. The molecular formula is C52H34N4. The fourth-order valence-corrected chi connectivity index (χ4v) is 7.56. The van der Waals surface area contributed by atoms with Crippen LogP contribution in [0.4, 0.5) is 0 Å². The molecule has 0 aliphatic carbocycles. The number of benzene rings is 8. The van der Waals surface area contributed by atoms with Crippen LogP contribution in [0.1, 0.15) is 0 Å². The van der Waals surface area contributed by atoms with Crippen LogP contribution in [0.2, 0.25) is 0 Å². The maximum absolute atomic E-state index is 5.15. The van der Waals surface area contributed by atoms with Crippen molar-refractivity contribution in [3.63, 3.8) is 0 Å². The molecule has 0 spiro atoms. The highest BCUT2D eigenvalue weighted by molar-refractivity contribution is 6.17. The molecule has 2 aromatic heterocycles. The second kappa shape index (κ2) is 14.3. The summed E-state index contributed by atoms with van der Waals surface area (Å²) in [6, 6.07) is 71.7. The molecule has 0 amide bonds. The molecule has 10 rings (SSSR count). The minimum absolute atomic E-state index is 0.629. The lowest BCUT2D eigenvalue weighted by Crippen LogP contribution is -2.00. The molecule has 4 nitrogen and oxygen atoms in total. The summed E-state index contributed by atoms with van der Waals surface area (Å²) in [7, 11) is 0. The molecule has 0 saturated carbocycles. The molecular weight excluding hydrogens is 681 g/mol. The van der Waals surface area contributed by atoms with Crippen molar-refractivity contribution >= 4 is 21.7 Å². The SMILES string of the molecule is c1ccc(-c2cccc(-c3nc(-c4ccccc4)nc(-c4ccc(-c5cccc(-c6cccc7c(-c8ccccc8)nc8ccccc8c67)c5)cc4)n3)c2)cc1. The van der Waals surface area contributed by atoms with Crippen LogP contribution in [0.5, 0.6) is 0 Å². The van der Waals surface area contributed by atoms with Crippen LogP contribution in [0.25, 0.3) is 100 Å². The van der Waals surface area contributed by atoms with Gasteiger partial charge in [-0.3, -0.25) is 0 Å². The van der Waals surface area contributed by atoms with Gasteiger partial charge in [-0.1, -0.05) is 188 Å². The van der Waals surface area contributed by atoms with Gasteiger partial charge in [-0.2, -0.15) is 0 Å². The number of pyridine rings is 1. The van der Waals surface area contributed by atoms with Gasteiger partial charge in [0.1, 0.15) is 0 Å². The van der Waals surface area contributed by atoms with E-state index >= 15 is 0 Å². The highest BCUT2D eigenvalue weighted by Gasteiger charge is 2.16. The van der Waals surface area contributed by atoms with Gasteiger partial charge in [0.25, 0.3) is 0 Å². The molecule has 0 fully saturated rings. The summed E-state index contributed by atoms with van der Waals surface area (Å²) in [6.45, 7) is 0. The average molecular weight is 715 g/mol. The van der Waals surface area contributed by atoms with Crippen molar-refractivity contribution in [3.8, 4) is 78.8 Å². The van der Waals surface area contributed by atoms with Crippen molar-refractivity contribution in [1.82, 2.24) is 19.9 Å². The highest BCUT2D eigenvalue weighted by Crippen LogP contribution is 2.39. The van der Waals surface area contributed by atoms with Crippen LogP contribution in [0, 0.1) is 0 Å². The molecule has 0 bridgehead atoms. The quantitative estimate of drug-likeness (QED) is 0.154. The van der Waals surface area contributed by atoms with E-state index in [4.69, 9.17) is 19.9 Å². The van der Waals surface area contributed by atoms with E-state index in [1.165, 1.54) is 10.9 Å². The zero-order valence-corrected chi connectivity index (χ0v) is 30.4. The maximum Gasteiger partial charge on any atom is 0.164 e. The topological polar surface area (TPSA) is 51.6 Å². The largest absolute Gasteiger partial charge is 0.247 e. The number of fused-ring (bicyclic) bond motifs is 3. The minimum atomic E-state index is 0.629. The summed E-state index contributed by atoms with van der Waals surface area (Å²) in [5, 5.41) is 3.49. The van der Waals surface area contributed by atoms with Gasteiger partial charge in [0, 0.05) is 38.4 Å². The average Bonchev–Trinajstić information content (AvgIpc) is 3.29. The number of para-hydroxylation sites is 1. The molecule has 0 saturated heterocycles. The molecule has 262 valence electrons. The number of hydrogen-bond acceptors (Lipinski definition) is 4. The van der Waals surface area contributed by atoms with E-state index in [2.05, 4.69) is 164 Å². The molecule has 56 heavy (non-hydrogen) atoms. The molecule has 0 radical (unpaired) electrons. The smallest absolute Gasteiger partial charge is 0.164 e. The zero-order valence-electron chi connectivity index (χ0n) is 30.4. The lowest BCUT2D eigenvalue weighted by Gasteiger charge is -2.15. The highest BCUT2D eigenvalue weighted by atomic mass is 15.0. The van der Waals surface area contributed by atoms with Gasteiger partial charge in [-0.15, -0.1) is 0 Å². The Balaban J connectivity index is 1.04. The lowest BCUT2D eigenvalue weighted by molar-refractivity contribution is 1.07. The van der Waals surface area contributed by atoms with Crippen molar-refractivity contribution in [2.24, 2.45) is 0 Å². The van der Waals surface area contributed by atoms with Crippen LogP contribution >= 0.6 is 0 Å². The molecule has 10 aromatic rings. The van der Waals surface area contributed by atoms with Crippen LogP contribution in [0.15, 0.2) is 206 Å². The minimum Gasteiger partial charge on any atom is -0.247 e. The summed E-state index contributed by atoms with van der Waals surface area (Å²) in [4.78, 5) is 20.2. The van der Waals surface area contributed by atoms with Gasteiger partial charge in [-0.25, -0.2) is 19.9 Å². The van der Waals surface area contributed by atoms with Gasteiger partial charge in [0.15, 0.2) is 17.5 Å². The Morgan fingerprint density at radius 1 is 0.250 bits per heavy atom. The lowest BCUT2D eigenvalue weighted by atomic mass is 9.91. The number of hydrogen-bond donors (Lipinski definition) is 0. The Labute approximate surface area is 325 Å². The van der Waals surface area contributed by atoms with Crippen molar-refractivity contribution in [3.05, 3.63) is 206 Å². The predicted octanol–water partition coefficient (Wildman–Crippen LogP) is 13.2. The number of nitrogens with zero attached hydrogens (tertiary/aromatic N) is 4. The maximum atomic E-state index is 5.15. The number of rotatable bonds is 7. The predicted molar refractivity (Wildman–Crippen MR) is 231 cm³/mol. The first-order chi connectivity index (χ1) is 27.7. The third-order valence-corrected chi connectivity index (χ3v) is 10.3. The van der Waals surface area contributed by atoms with E-state index in [9.17, 15) is 0 Å². The van der Waals surface area contributed by atoms with Crippen molar-refractivity contribution in [2.45, 2.75) is 0 Å². The normalized spacial score (nSPS) is 11.2. The summed E-state index contributed by atoms with van der Waals surface area (Å²) >= 11 is 0. The van der Waals surface area contributed by atoms with E-state index in [0.29, 0.717) is 17.5 Å². The molecule has 0 N–H and O–H groups in total. The van der Waals surface area contributed by atoms with Crippen LogP contribution in [-0.4, -0.2) is 19.9 Å². The van der Waals surface area contributed by atoms with E-state index in [0.717, 1.165) is 72.1 Å². The van der Waals surface area contributed by atoms with E-state index in [-0.39, 0.29) is 0 Å². The van der Waals surface area contributed by atoms with E-state index < -0.39 is 0 Å². The van der Waals surface area contributed by atoms with Crippen LogP contribution in [-0.2, 0) is 0 Å². The summed E-state index contributed by atoms with van der Waals surface area (Å²) in [5.41, 5.74) is 12.7. The molecule has 8 aromatic carbocycles. The van der Waals surface area contributed by atoms with Crippen LogP contribution in [0.3, 0.4) is 0 Å². The Bertz CT molecular complexity index is 3000. The van der Waals surface area contributed by atoms with Gasteiger partial charge in [0.2, 0.25) is 0 Å². The second-order valence-electron chi connectivity index (χ2n) is 13.8. The van der Waals surface area contributed by atoms with Gasteiger partial charge in [-0.05, 0) is 51.6 Å². The van der Waals surface area contributed by atoms with Gasteiger partial charge >= 0.3 is 0 Å². The summed E-state index contributed by atoms with van der Waals surface area (Å²) < 4.78 is 0. The van der Waals surface area contributed by atoms with Crippen molar-refractivity contribution < 1.29 is 0 Å². The fourth-order valence-electron chi connectivity index (χ4n) is 7.56. The molecule has 0 aliphatic heterocycles. The van der Waals surface area contributed by atoms with Crippen molar-refractivity contribution in [2.75, 3.05) is 0 Å². The monoisotopic (exact) mass is 714 g/mol. The molecule has 4 heteroatoms. The first-order valence-corrected chi connectivity index (χ1v) is 18.8. The Morgan fingerprint density at radius 2 is 0.679 bits per heavy atom. The Hall–Kier alpha value is -7.56. The summed E-state index contributed by atoms with van der Waals surface area (Å²) in [6.07, 6.45) is 0. The van der Waals surface area contributed by atoms with Gasteiger partial charge in [0.05, 0.1) is 11.2 Å². The fraction of sp³-hybridized carbons (Fsp3) is 0. The van der Waals surface area contributed by atoms with Crippen molar-refractivity contribution in [1.29, 1.82) is 0 Å². The van der Waals surface area contributed by atoms with Gasteiger partial charge < -0.3 is 0 Å². The molecule has 0 aliphatic rings. The first-order valence-electron chi connectivity index (χ1n) is 18.8. The first kappa shape index (κ1) is 33.0. The van der Waals surface area contributed by atoms with Crippen LogP contribution < -0.4 is 0 Å². The molecule has 0 atom stereocenters. The number of aromatic nitrogens is 4. The third-order valence-electron chi connectivity index (χ3n) is 10.3. The van der Waals surface area contributed by atoms with E-state index in [1.807, 2.05) is 42.5 Å². The molecule has 2 heterocycles. The summed E-state index contributed by atoms with van der Waals surface area (Å²) in [5.74, 6) is 1.90. The Kier molecular flexibility index (Phi) is 8.47. The zero-order chi connectivity index (χ0) is 37.3. The molecule has 0 unspecified atom stereocenters. The Morgan fingerprint density at radius 3 is 1.36 bits per heavy atom. The second-order valence-corrected chi connectivity index (χ2v) is 13.8. The third kappa shape index (κ3) is 6.29.